The van der Waals surface area contributed by atoms with E-state index in [9.17, 15) is 4.79 Å². The largest absolute Gasteiger partial charge is 0.496 e. The molecule has 0 bridgehead atoms. The van der Waals surface area contributed by atoms with Crippen molar-refractivity contribution in [1.82, 2.24) is 5.32 Å². The molecular formula is C15H23NO3. The monoisotopic (exact) mass is 265 g/mol. The fourth-order valence-electron chi connectivity index (χ4n) is 2.10. The van der Waals surface area contributed by atoms with E-state index in [0.717, 1.165) is 19.3 Å². The Balaban J connectivity index is 2.58. The van der Waals surface area contributed by atoms with Gasteiger partial charge in [0.05, 0.1) is 12.7 Å². The number of carbonyl (C=O) groups is 1. The lowest BCUT2D eigenvalue weighted by Gasteiger charge is -2.16. The van der Waals surface area contributed by atoms with E-state index in [-0.39, 0.29) is 12.5 Å². The van der Waals surface area contributed by atoms with Crippen molar-refractivity contribution in [2.24, 2.45) is 5.92 Å². The van der Waals surface area contributed by atoms with E-state index in [0.29, 0.717) is 23.8 Å². The maximum absolute atomic E-state index is 12.1. The number of hydrogen-bond donors (Lipinski definition) is 2. The molecule has 106 valence electrons. The van der Waals surface area contributed by atoms with Crippen molar-refractivity contribution in [3.05, 3.63) is 29.8 Å². The van der Waals surface area contributed by atoms with Crippen LogP contribution >= 0.6 is 0 Å². The molecular weight excluding hydrogens is 242 g/mol. The number of para-hydroxylation sites is 1. The average molecular weight is 265 g/mol. The number of aliphatic hydroxyl groups is 1. The third-order valence-electron chi connectivity index (χ3n) is 3.14. The summed E-state index contributed by atoms with van der Waals surface area (Å²) in [7, 11) is 1.55. The highest BCUT2D eigenvalue weighted by Crippen LogP contribution is 2.17. The van der Waals surface area contributed by atoms with Gasteiger partial charge in [0.15, 0.2) is 0 Å². The van der Waals surface area contributed by atoms with E-state index in [4.69, 9.17) is 9.84 Å². The second-order valence-corrected chi connectivity index (χ2v) is 4.58. The second-order valence-electron chi connectivity index (χ2n) is 4.58. The zero-order valence-corrected chi connectivity index (χ0v) is 11.7. The van der Waals surface area contributed by atoms with Crippen molar-refractivity contribution in [3.8, 4) is 5.75 Å². The van der Waals surface area contributed by atoms with Crippen LogP contribution in [0.1, 0.15) is 36.5 Å². The molecule has 1 atom stereocenters. The first-order valence-corrected chi connectivity index (χ1v) is 6.75. The Labute approximate surface area is 114 Å². The zero-order chi connectivity index (χ0) is 14.1. The molecule has 0 radical (unpaired) electrons. The van der Waals surface area contributed by atoms with Gasteiger partial charge in [0, 0.05) is 13.2 Å². The fourth-order valence-corrected chi connectivity index (χ4v) is 2.10. The number of methoxy groups -OCH3 is 1. The molecule has 0 aliphatic carbocycles. The second kappa shape index (κ2) is 8.53. The lowest BCUT2D eigenvalue weighted by Crippen LogP contribution is -2.30. The Kier molecular flexibility index (Phi) is 6.97. The van der Waals surface area contributed by atoms with Gasteiger partial charge in [0.25, 0.3) is 5.91 Å². The summed E-state index contributed by atoms with van der Waals surface area (Å²) in [6.45, 7) is 2.85. The molecule has 4 heteroatoms. The molecule has 0 saturated carbocycles. The highest BCUT2D eigenvalue weighted by molar-refractivity contribution is 5.96. The molecule has 0 saturated heterocycles. The lowest BCUT2D eigenvalue weighted by atomic mass is 10.00. The van der Waals surface area contributed by atoms with Gasteiger partial charge in [-0.15, -0.1) is 0 Å². The van der Waals surface area contributed by atoms with Crippen molar-refractivity contribution >= 4 is 5.91 Å². The highest BCUT2D eigenvalue weighted by Gasteiger charge is 2.13. The van der Waals surface area contributed by atoms with Crippen LogP contribution in [0.25, 0.3) is 0 Å². The lowest BCUT2D eigenvalue weighted by molar-refractivity contribution is 0.0940. The first-order valence-electron chi connectivity index (χ1n) is 6.75. The van der Waals surface area contributed by atoms with Crippen LogP contribution in [0.3, 0.4) is 0 Å². The van der Waals surface area contributed by atoms with Crippen molar-refractivity contribution in [1.29, 1.82) is 0 Å². The van der Waals surface area contributed by atoms with Gasteiger partial charge in [-0.05, 0) is 30.9 Å². The number of hydrogen-bond acceptors (Lipinski definition) is 3. The molecule has 0 spiro atoms. The van der Waals surface area contributed by atoms with Gasteiger partial charge in [-0.3, -0.25) is 4.79 Å². The Hall–Kier alpha value is -1.55. The SMILES string of the molecule is CCCC(CCO)CNC(=O)c1ccccc1OC. The number of amides is 1. The van der Waals surface area contributed by atoms with Gasteiger partial charge < -0.3 is 15.2 Å². The topological polar surface area (TPSA) is 58.6 Å². The summed E-state index contributed by atoms with van der Waals surface area (Å²) in [5.74, 6) is 0.777. The van der Waals surface area contributed by atoms with Crippen molar-refractivity contribution in [2.75, 3.05) is 20.3 Å². The standard InChI is InChI=1S/C15H23NO3/c1-3-6-12(9-10-17)11-16-15(18)13-7-4-5-8-14(13)19-2/h4-5,7-8,12,17H,3,6,9-11H2,1-2H3,(H,16,18). The van der Waals surface area contributed by atoms with Gasteiger partial charge in [0.2, 0.25) is 0 Å². The smallest absolute Gasteiger partial charge is 0.255 e. The quantitative estimate of drug-likeness (QED) is 0.757. The minimum absolute atomic E-state index is 0.128. The number of rotatable bonds is 8. The van der Waals surface area contributed by atoms with Crippen LogP contribution < -0.4 is 10.1 Å². The van der Waals surface area contributed by atoms with Gasteiger partial charge in [-0.1, -0.05) is 25.5 Å². The molecule has 0 aliphatic rings. The van der Waals surface area contributed by atoms with E-state index < -0.39 is 0 Å². The molecule has 1 aromatic carbocycles. The maximum Gasteiger partial charge on any atom is 0.255 e. The summed E-state index contributed by atoms with van der Waals surface area (Å²) >= 11 is 0. The van der Waals surface area contributed by atoms with Gasteiger partial charge >= 0.3 is 0 Å². The number of benzene rings is 1. The molecule has 19 heavy (non-hydrogen) atoms. The van der Waals surface area contributed by atoms with Gasteiger partial charge in [-0.25, -0.2) is 0 Å². The summed E-state index contributed by atoms with van der Waals surface area (Å²) < 4.78 is 5.17. The van der Waals surface area contributed by atoms with Crippen LogP contribution in [0.4, 0.5) is 0 Å². The molecule has 0 aromatic heterocycles. The third kappa shape index (κ3) is 4.91. The van der Waals surface area contributed by atoms with Crippen LogP contribution in [0.5, 0.6) is 5.75 Å². The number of ether oxygens (including phenoxy) is 1. The molecule has 2 N–H and O–H groups in total. The van der Waals surface area contributed by atoms with E-state index in [1.165, 1.54) is 0 Å². The Morgan fingerprint density at radius 1 is 1.37 bits per heavy atom. The molecule has 1 aromatic rings. The van der Waals surface area contributed by atoms with Crippen LogP contribution in [0, 0.1) is 5.92 Å². The Bertz CT molecular complexity index is 387. The summed E-state index contributed by atoms with van der Waals surface area (Å²) in [5.41, 5.74) is 0.546. The van der Waals surface area contributed by atoms with E-state index in [1.54, 1.807) is 19.2 Å². The Morgan fingerprint density at radius 3 is 2.74 bits per heavy atom. The van der Waals surface area contributed by atoms with E-state index in [1.807, 2.05) is 12.1 Å². The minimum Gasteiger partial charge on any atom is -0.496 e. The predicted molar refractivity (Wildman–Crippen MR) is 75.4 cm³/mol. The molecule has 0 fully saturated rings. The number of aliphatic hydroxyl groups excluding tert-OH is 1. The van der Waals surface area contributed by atoms with Crippen molar-refractivity contribution in [3.63, 3.8) is 0 Å². The number of nitrogens with one attached hydrogen (secondary N) is 1. The molecule has 4 nitrogen and oxygen atoms in total. The highest BCUT2D eigenvalue weighted by atomic mass is 16.5. The zero-order valence-electron chi connectivity index (χ0n) is 11.7. The van der Waals surface area contributed by atoms with E-state index >= 15 is 0 Å². The molecule has 1 rings (SSSR count). The minimum atomic E-state index is -0.128. The van der Waals surface area contributed by atoms with Gasteiger partial charge in [0.1, 0.15) is 5.75 Å². The van der Waals surface area contributed by atoms with Crippen molar-refractivity contribution in [2.45, 2.75) is 26.2 Å². The Morgan fingerprint density at radius 2 is 2.11 bits per heavy atom. The molecule has 0 aliphatic heterocycles. The van der Waals surface area contributed by atoms with Crippen LogP contribution in [0.2, 0.25) is 0 Å². The van der Waals surface area contributed by atoms with Crippen LogP contribution in [-0.2, 0) is 0 Å². The summed E-state index contributed by atoms with van der Waals surface area (Å²) in [6, 6.07) is 7.16. The van der Waals surface area contributed by atoms with Crippen LogP contribution in [0.15, 0.2) is 24.3 Å². The normalized spacial score (nSPS) is 11.9. The number of carbonyl (C=O) groups excluding carboxylic acids is 1. The van der Waals surface area contributed by atoms with Crippen LogP contribution in [-0.4, -0.2) is 31.3 Å². The average Bonchev–Trinajstić information content (AvgIpc) is 2.44. The van der Waals surface area contributed by atoms with Crippen molar-refractivity contribution < 1.29 is 14.6 Å². The summed E-state index contributed by atoms with van der Waals surface area (Å²) in [6.07, 6.45) is 2.78. The molecule has 1 amide bonds. The molecule has 0 heterocycles. The third-order valence-corrected chi connectivity index (χ3v) is 3.14. The summed E-state index contributed by atoms with van der Waals surface area (Å²) in [5, 5.41) is 11.9. The summed E-state index contributed by atoms with van der Waals surface area (Å²) in [4.78, 5) is 12.1. The fraction of sp³-hybridized carbons (Fsp3) is 0.533. The van der Waals surface area contributed by atoms with E-state index in [2.05, 4.69) is 12.2 Å². The molecule has 1 unspecified atom stereocenters. The first kappa shape index (κ1) is 15.5. The first-order chi connectivity index (χ1) is 9.22. The van der Waals surface area contributed by atoms with Gasteiger partial charge in [-0.2, -0.15) is 0 Å². The predicted octanol–water partition coefficient (Wildman–Crippen LogP) is 2.22. The maximum atomic E-state index is 12.1.